The molecule has 0 amide bonds. The lowest BCUT2D eigenvalue weighted by Gasteiger charge is -2.18. The van der Waals surface area contributed by atoms with Gasteiger partial charge in [0.25, 0.3) is 0 Å². The number of halogens is 1. The Bertz CT molecular complexity index is 401. The van der Waals surface area contributed by atoms with E-state index in [1.54, 1.807) is 12.1 Å². The molecule has 0 unspecified atom stereocenters. The molecule has 2 nitrogen and oxygen atoms in total. The van der Waals surface area contributed by atoms with Crippen LogP contribution in [0, 0.1) is 11.8 Å². The summed E-state index contributed by atoms with van der Waals surface area (Å²) in [4.78, 5) is 0. The lowest BCUT2D eigenvalue weighted by molar-refractivity contribution is 0.406. The second-order valence-electron chi connectivity index (χ2n) is 5.35. The van der Waals surface area contributed by atoms with Crippen LogP contribution in [0.1, 0.15) is 31.2 Å². The maximum absolute atomic E-state index is 9.76. The highest BCUT2D eigenvalue weighted by Crippen LogP contribution is 2.44. The Hall–Kier alpha value is -0.730. The summed E-state index contributed by atoms with van der Waals surface area (Å²) >= 11 is 5.94. The standard InChI is InChI=1S/C14H18ClNO/c15-12-5-6-13(17)11(7-12)8-16-14(9-1-2-9)10-3-4-10/h5-7,9-10,14,16-17H,1-4,8H2. The van der Waals surface area contributed by atoms with Gasteiger partial charge in [-0.3, -0.25) is 0 Å². The molecular formula is C14H18ClNO. The average molecular weight is 252 g/mol. The summed E-state index contributed by atoms with van der Waals surface area (Å²) in [6.07, 6.45) is 5.48. The van der Waals surface area contributed by atoms with Crippen molar-refractivity contribution in [2.75, 3.05) is 0 Å². The van der Waals surface area contributed by atoms with Crippen LogP contribution in [0.4, 0.5) is 0 Å². The van der Waals surface area contributed by atoms with Crippen molar-refractivity contribution in [3.05, 3.63) is 28.8 Å². The van der Waals surface area contributed by atoms with Crippen LogP contribution < -0.4 is 5.32 Å². The minimum Gasteiger partial charge on any atom is -0.508 e. The quantitative estimate of drug-likeness (QED) is 0.842. The largest absolute Gasteiger partial charge is 0.508 e. The fourth-order valence-corrected chi connectivity index (χ4v) is 2.75. The van der Waals surface area contributed by atoms with E-state index >= 15 is 0 Å². The van der Waals surface area contributed by atoms with E-state index in [1.165, 1.54) is 25.7 Å². The minimum atomic E-state index is 0.340. The molecule has 0 aliphatic heterocycles. The van der Waals surface area contributed by atoms with E-state index in [-0.39, 0.29) is 0 Å². The van der Waals surface area contributed by atoms with Gasteiger partial charge in [-0.25, -0.2) is 0 Å². The molecule has 0 saturated heterocycles. The Balaban J connectivity index is 1.63. The van der Waals surface area contributed by atoms with Crippen LogP contribution in [0.2, 0.25) is 5.02 Å². The van der Waals surface area contributed by atoms with Gasteiger partial charge in [-0.1, -0.05) is 11.6 Å². The third-order valence-electron chi connectivity index (χ3n) is 3.83. The van der Waals surface area contributed by atoms with Crippen molar-refractivity contribution in [1.82, 2.24) is 5.32 Å². The second-order valence-corrected chi connectivity index (χ2v) is 5.79. The van der Waals surface area contributed by atoms with Gasteiger partial charge in [0.2, 0.25) is 0 Å². The van der Waals surface area contributed by atoms with E-state index in [9.17, 15) is 5.11 Å². The van der Waals surface area contributed by atoms with Gasteiger partial charge < -0.3 is 10.4 Å². The van der Waals surface area contributed by atoms with Crippen molar-refractivity contribution in [2.24, 2.45) is 11.8 Å². The summed E-state index contributed by atoms with van der Waals surface area (Å²) in [5, 5.41) is 14.1. The first-order valence-electron chi connectivity index (χ1n) is 6.45. The van der Waals surface area contributed by atoms with Gasteiger partial charge in [0.05, 0.1) is 0 Å². The van der Waals surface area contributed by atoms with Gasteiger partial charge in [-0.2, -0.15) is 0 Å². The van der Waals surface area contributed by atoms with Gasteiger partial charge in [-0.05, 0) is 55.7 Å². The van der Waals surface area contributed by atoms with Crippen molar-refractivity contribution in [3.8, 4) is 5.75 Å². The van der Waals surface area contributed by atoms with Crippen LogP contribution in [0.3, 0.4) is 0 Å². The normalized spacial score (nSPS) is 19.9. The summed E-state index contributed by atoms with van der Waals surface area (Å²) < 4.78 is 0. The van der Waals surface area contributed by atoms with Crippen LogP contribution in [0.15, 0.2) is 18.2 Å². The third kappa shape index (κ3) is 2.75. The van der Waals surface area contributed by atoms with E-state index in [0.29, 0.717) is 16.8 Å². The molecule has 1 aromatic rings. The predicted octanol–water partition coefficient (Wildman–Crippen LogP) is 3.32. The number of nitrogens with one attached hydrogen (secondary N) is 1. The number of benzene rings is 1. The summed E-state index contributed by atoms with van der Waals surface area (Å²) in [6.45, 7) is 0.726. The molecule has 2 aliphatic carbocycles. The van der Waals surface area contributed by atoms with Crippen molar-refractivity contribution >= 4 is 11.6 Å². The maximum atomic E-state index is 9.76. The highest BCUT2D eigenvalue weighted by atomic mass is 35.5. The molecule has 3 heteroatoms. The van der Waals surface area contributed by atoms with Crippen LogP contribution in [0.5, 0.6) is 5.75 Å². The number of hydrogen-bond donors (Lipinski definition) is 2. The zero-order valence-electron chi connectivity index (χ0n) is 9.82. The number of hydrogen-bond acceptors (Lipinski definition) is 2. The Morgan fingerprint density at radius 1 is 1.24 bits per heavy atom. The molecule has 0 spiro atoms. The molecule has 0 bridgehead atoms. The predicted molar refractivity (Wildman–Crippen MR) is 69.2 cm³/mol. The number of phenols is 1. The Morgan fingerprint density at radius 2 is 1.88 bits per heavy atom. The fourth-order valence-electron chi connectivity index (χ4n) is 2.55. The lowest BCUT2D eigenvalue weighted by atomic mass is 10.1. The molecule has 2 aliphatic rings. The van der Waals surface area contributed by atoms with Crippen LogP contribution in [-0.2, 0) is 6.54 Å². The van der Waals surface area contributed by atoms with Crippen molar-refractivity contribution < 1.29 is 5.11 Å². The third-order valence-corrected chi connectivity index (χ3v) is 4.06. The molecule has 0 heterocycles. The van der Waals surface area contributed by atoms with E-state index in [0.717, 1.165) is 23.9 Å². The minimum absolute atomic E-state index is 0.340. The molecule has 0 atom stereocenters. The molecule has 0 radical (unpaired) electrons. The van der Waals surface area contributed by atoms with Gasteiger partial charge in [0, 0.05) is 23.2 Å². The lowest BCUT2D eigenvalue weighted by Crippen LogP contribution is -2.32. The monoisotopic (exact) mass is 251 g/mol. The molecule has 1 aromatic carbocycles. The summed E-state index contributed by atoms with van der Waals surface area (Å²) in [7, 11) is 0. The molecule has 2 fully saturated rings. The molecule has 3 rings (SSSR count). The fraction of sp³-hybridized carbons (Fsp3) is 0.571. The van der Waals surface area contributed by atoms with Gasteiger partial charge in [0.15, 0.2) is 0 Å². The van der Waals surface area contributed by atoms with E-state index in [1.807, 2.05) is 6.07 Å². The smallest absolute Gasteiger partial charge is 0.120 e. The average Bonchev–Trinajstić information content (AvgIpc) is 3.14. The van der Waals surface area contributed by atoms with Gasteiger partial charge >= 0.3 is 0 Å². The molecule has 0 aromatic heterocycles. The molecular weight excluding hydrogens is 234 g/mol. The topological polar surface area (TPSA) is 32.3 Å². The van der Waals surface area contributed by atoms with Crippen LogP contribution in [0.25, 0.3) is 0 Å². The summed E-state index contributed by atoms with van der Waals surface area (Å²) in [6, 6.07) is 5.90. The highest BCUT2D eigenvalue weighted by molar-refractivity contribution is 6.30. The second kappa shape index (κ2) is 4.51. The Labute approximate surface area is 107 Å². The zero-order valence-corrected chi connectivity index (χ0v) is 10.6. The Morgan fingerprint density at radius 3 is 2.47 bits per heavy atom. The number of phenolic OH excluding ortho intramolecular Hbond substituents is 1. The summed E-state index contributed by atoms with van der Waals surface area (Å²) in [5.41, 5.74) is 0.906. The van der Waals surface area contributed by atoms with Crippen LogP contribution >= 0.6 is 11.6 Å². The Kier molecular flexibility index (Phi) is 3.01. The molecule has 92 valence electrons. The number of rotatable bonds is 5. The SMILES string of the molecule is Oc1ccc(Cl)cc1CNC(C1CC1)C1CC1. The highest BCUT2D eigenvalue weighted by Gasteiger charge is 2.40. The van der Waals surface area contributed by atoms with Gasteiger partial charge in [-0.15, -0.1) is 0 Å². The first-order chi connectivity index (χ1) is 8.24. The van der Waals surface area contributed by atoms with Crippen molar-refractivity contribution in [1.29, 1.82) is 0 Å². The molecule has 17 heavy (non-hydrogen) atoms. The maximum Gasteiger partial charge on any atom is 0.120 e. The summed E-state index contributed by atoms with van der Waals surface area (Å²) in [5.74, 6) is 2.10. The van der Waals surface area contributed by atoms with Crippen LogP contribution in [-0.4, -0.2) is 11.1 Å². The van der Waals surface area contributed by atoms with Gasteiger partial charge in [0.1, 0.15) is 5.75 Å². The van der Waals surface area contributed by atoms with E-state index in [2.05, 4.69) is 5.32 Å². The zero-order chi connectivity index (χ0) is 11.8. The van der Waals surface area contributed by atoms with E-state index in [4.69, 9.17) is 11.6 Å². The molecule has 2 N–H and O–H groups in total. The number of aromatic hydroxyl groups is 1. The first kappa shape index (κ1) is 11.4. The van der Waals surface area contributed by atoms with Crippen molar-refractivity contribution in [3.63, 3.8) is 0 Å². The van der Waals surface area contributed by atoms with Crippen molar-refractivity contribution in [2.45, 2.75) is 38.3 Å². The molecule has 2 saturated carbocycles. The van der Waals surface area contributed by atoms with E-state index < -0.39 is 0 Å². The first-order valence-corrected chi connectivity index (χ1v) is 6.82.